The standard InChI is InChI=1S/C18H30N4O2/c1-14-10-20-21(12-14)13-16-6-3-4-8-22(16)15(2)18(23)19-11-17-7-5-9-24-17/h10,12,15-17H,3-9,11,13H2,1-2H3,(H,19,23)/t15-,16+,17+/m1/s1. The van der Waals surface area contributed by atoms with Gasteiger partial charge in [0.2, 0.25) is 5.91 Å². The van der Waals surface area contributed by atoms with Crippen molar-refractivity contribution in [3.8, 4) is 0 Å². The van der Waals surface area contributed by atoms with Crippen molar-refractivity contribution in [3.05, 3.63) is 18.0 Å². The first-order valence-electron chi connectivity index (χ1n) is 9.27. The molecule has 2 saturated heterocycles. The van der Waals surface area contributed by atoms with Gasteiger partial charge in [-0.2, -0.15) is 5.10 Å². The third-order valence-electron chi connectivity index (χ3n) is 5.24. The maximum Gasteiger partial charge on any atom is 0.237 e. The third kappa shape index (κ3) is 4.36. The van der Waals surface area contributed by atoms with E-state index in [0.29, 0.717) is 12.6 Å². The summed E-state index contributed by atoms with van der Waals surface area (Å²) < 4.78 is 7.60. The Bertz CT molecular complexity index is 539. The molecule has 0 bridgehead atoms. The monoisotopic (exact) mass is 334 g/mol. The highest BCUT2D eigenvalue weighted by Gasteiger charge is 2.31. The molecule has 3 atom stereocenters. The van der Waals surface area contributed by atoms with E-state index in [1.54, 1.807) is 0 Å². The minimum Gasteiger partial charge on any atom is -0.376 e. The molecule has 0 aromatic carbocycles. The van der Waals surface area contributed by atoms with E-state index in [0.717, 1.165) is 45.4 Å². The van der Waals surface area contributed by atoms with Gasteiger partial charge in [0.05, 0.1) is 24.9 Å². The van der Waals surface area contributed by atoms with Gasteiger partial charge in [0.1, 0.15) is 0 Å². The van der Waals surface area contributed by atoms with Gasteiger partial charge in [-0.15, -0.1) is 0 Å². The van der Waals surface area contributed by atoms with E-state index >= 15 is 0 Å². The number of aromatic nitrogens is 2. The molecule has 0 spiro atoms. The van der Waals surface area contributed by atoms with E-state index in [9.17, 15) is 4.79 Å². The Kier molecular flexibility index (Phi) is 5.89. The van der Waals surface area contributed by atoms with Gasteiger partial charge in [0, 0.05) is 25.4 Å². The summed E-state index contributed by atoms with van der Waals surface area (Å²) in [5, 5.41) is 7.49. The number of hydrogen-bond donors (Lipinski definition) is 1. The summed E-state index contributed by atoms with van der Waals surface area (Å²) in [6, 6.07) is 0.273. The van der Waals surface area contributed by atoms with Crippen LogP contribution in [0.15, 0.2) is 12.4 Å². The van der Waals surface area contributed by atoms with Crippen molar-refractivity contribution in [3.63, 3.8) is 0 Å². The summed E-state index contributed by atoms with van der Waals surface area (Å²) in [7, 11) is 0. The summed E-state index contributed by atoms with van der Waals surface area (Å²) in [6.45, 7) is 7.39. The molecule has 6 nitrogen and oxygen atoms in total. The lowest BCUT2D eigenvalue weighted by Gasteiger charge is -2.39. The average molecular weight is 334 g/mol. The highest BCUT2D eigenvalue weighted by molar-refractivity contribution is 5.81. The summed E-state index contributed by atoms with van der Waals surface area (Å²) in [6.07, 6.45) is 9.85. The second kappa shape index (κ2) is 8.12. The van der Waals surface area contributed by atoms with Crippen LogP contribution in [0, 0.1) is 6.92 Å². The molecule has 3 rings (SSSR count). The van der Waals surface area contributed by atoms with Crippen LogP contribution in [-0.4, -0.2) is 58.5 Å². The van der Waals surface area contributed by atoms with Gasteiger partial charge in [-0.3, -0.25) is 14.4 Å². The fourth-order valence-electron chi connectivity index (χ4n) is 3.83. The number of nitrogens with one attached hydrogen (secondary N) is 1. The topological polar surface area (TPSA) is 59.4 Å². The van der Waals surface area contributed by atoms with Crippen molar-refractivity contribution in [1.29, 1.82) is 0 Å². The molecule has 0 radical (unpaired) electrons. The van der Waals surface area contributed by atoms with E-state index in [1.165, 1.54) is 12.0 Å². The fraction of sp³-hybridized carbons (Fsp3) is 0.778. The molecule has 2 aliphatic rings. The Morgan fingerprint density at radius 3 is 3.00 bits per heavy atom. The van der Waals surface area contributed by atoms with Gasteiger partial charge >= 0.3 is 0 Å². The molecule has 1 N–H and O–H groups in total. The number of nitrogens with zero attached hydrogens (tertiary/aromatic N) is 3. The van der Waals surface area contributed by atoms with E-state index in [1.807, 2.05) is 17.8 Å². The van der Waals surface area contributed by atoms with E-state index in [-0.39, 0.29) is 18.1 Å². The first-order chi connectivity index (χ1) is 11.6. The molecule has 1 aromatic rings. The zero-order chi connectivity index (χ0) is 16.9. The number of carbonyl (C=O) groups is 1. The van der Waals surface area contributed by atoms with Crippen molar-refractivity contribution in [2.45, 2.75) is 70.7 Å². The van der Waals surface area contributed by atoms with E-state index < -0.39 is 0 Å². The van der Waals surface area contributed by atoms with Crippen LogP contribution in [0.5, 0.6) is 0 Å². The molecule has 1 aromatic heterocycles. The zero-order valence-corrected chi connectivity index (χ0v) is 14.9. The number of ether oxygens (including phenoxy) is 1. The summed E-state index contributed by atoms with van der Waals surface area (Å²) in [5.74, 6) is 0.119. The molecule has 0 saturated carbocycles. The van der Waals surface area contributed by atoms with Crippen LogP contribution in [0.3, 0.4) is 0 Å². The van der Waals surface area contributed by atoms with Crippen LogP contribution in [0.1, 0.15) is 44.6 Å². The molecule has 0 unspecified atom stereocenters. The highest BCUT2D eigenvalue weighted by Crippen LogP contribution is 2.21. The number of carbonyl (C=O) groups excluding carboxylic acids is 1. The van der Waals surface area contributed by atoms with Gasteiger partial charge in [-0.1, -0.05) is 6.42 Å². The molecule has 2 fully saturated rings. The number of rotatable bonds is 6. The molecule has 24 heavy (non-hydrogen) atoms. The van der Waals surface area contributed by atoms with Crippen LogP contribution in [0.4, 0.5) is 0 Å². The second-order valence-corrected chi connectivity index (χ2v) is 7.18. The van der Waals surface area contributed by atoms with Gasteiger partial charge in [-0.05, 0) is 51.6 Å². The van der Waals surface area contributed by atoms with Crippen LogP contribution in [0.25, 0.3) is 0 Å². The number of hydrogen-bond acceptors (Lipinski definition) is 4. The Morgan fingerprint density at radius 2 is 2.29 bits per heavy atom. The number of likely N-dealkylation sites (tertiary alicyclic amines) is 1. The Hall–Kier alpha value is -1.40. The van der Waals surface area contributed by atoms with Gasteiger partial charge in [-0.25, -0.2) is 0 Å². The largest absolute Gasteiger partial charge is 0.376 e. The summed E-state index contributed by atoms with van der Waals surface area (Å²) >= 11 is 0. The number of amides is 1. The summed E-state index contributed by atoms with van der Waals surface area (Å²) in [4.78, 5) is 14.9. The Labute approximate surface area is 144 Å². The van der Waals surface area contributed by atoms with Crippen LogP contribution >= 0.6 is 0 Å². The predicted molar refractivity (Wildman–Crippen MR) is 92.8 cm³/mol. The zero-order valence-electron chi connectivity index (χ0n) is 14.9. The average Bonchev–Trinajstić information content (AvgIpc) is 3.24. The molecule has 3 heterocycles. The number of piperidine rings is 1. The minimum atomic E-state index is -0.103. The van der Waals surface area contributed by atoms with Gasteiger partial charge in [0.25, 0.3) is 0 Å². The van der Waals surface area contributed by atoms with Crippen molar-refractivity contribution in [2.24, 2.45) is 0 Å². The normalized spacial score (nSPS) is 26.4. The molecule has 0 aliphatic carbocycles. The molecule has 6 heteroatoms. The Balaban J connectivity index is 1.55. The smallest absolute Gasteiger partial charge is 0.237 e. The second-order valence-electron chi connectivity index (χ2n) is 7.18. The lowest BCUT2D eigenvalue weighted by atomic mass is 9.99. The van der Waals surface area contributed by atoms with Crippen LogP contribution < -0.4 is 5.32 Å². The van der Waals surface area contributed by atoms with E-state index in [4.69, 9.17) is 4.74 Å². The van der Waals surface area contributed by atoms with Gasteiger partial charge in [0.15, 0.2) is 0 Å². The van der Waals surface area contributed by atoms with Crippen LogP contribution in [0.2, 0.25) is 0 Å². The Morgan fingerprint density at radius 1 is 1.42 bits per heavy atom. The van der Waals surface area contributed by atoms with Crippen molar-refractivity contribution in [2.75, 3.05) is 19.7 Å². The van der Waals surface area contributed by atoms with Gasteiger partial charge < -0.3 is 10.1 Å². The minimum absolute atomic E-state index is 0.103. The third-order valence-corrected chi connectivity index (χ3v) is 5.24. The summed E-state index contributed by atoms with van der Waals surface area (Å²) in [5.41, 5.74) is 1.18. The van der Waals surface area contributed by atoms with Crippen molar-refractivity contribution >= 4 is 5.91 Å². The maximum atomic E-state index is 12.6. The lowest BCUT2D eigenvalue weighted by Crippen LogP contribution is -2.53. The molecule has 134 valence electrons. The maximum absolute atomic E-state index is 12.6. The fourth-order valence-corrected chi connectivity index (χ4v) is 3.83. The predicted octanol–water partition coefficient (Wildman–Crippen LogP) is 1.73. The van der Waals surface area contributed by atoms with E-state index in [2.05, 4.69) is 28.4 Å². The molecular formula is C18H30N4O2. The first-order valence-corrected chi connectivity index (χ1v) is 9.27. The van der Waals surface area contributed by atoms with Crippen molar-refractivity contribution in [1.82, 2.24) is 20.0 Å². The van der Waals surface area contributed by atoms with Crippen molar-refractivity contribution < 1.29 is 9.53 Å². The van der Waals surface area contributed by atoms with Crippen LogP contribution in [-0.2, 0) is 16.1 Å². The molecule has 1 amide bonds. The lowest BCUT2D eigenvalue weighted by molar-refractivity contribution is -0.128. The molecular weight excluding hydrogens is 304 g/mol. The highest BCUT2D eigenvalue weighted by atomic mass is 16.5. The first kappa shape index (κ1) is 17.4. The quantitative estimate of drug-likeness (QED) is 0.861. The SMILES string of the molecule is Cc1cnn(C[C@@H]2CCCCN2[C@H](C)C(=O)NC[C@@H]2CCCO2)c1. The molecule has 2 aliphatic heterocycles. The number of aryl methyl sites for hydroxylation is 1.